The van der Waals surface area contributed by atoms with Gasteiger partial charge in [0.25, 0.3) is 11.8 Å². The Kier molecular flexibility index (Phi) is 7.01. The van der Waals surface area contributed by atoms with E-state index >= 15 is 0 Å². The van der Waals surface area contributed by atoms with Crippen molar-refractivity contribution < 1.29 is 19.1 Å². The number of nitrogens with one attached hydrogen (secondary N) is 2. The summed E-state index contributed by atoms with van der Waals surface area (Å²) in [7, 11) is 3.11. The van der Waals surface area contributed by atoms with Crippen LogP contribution in [0.1, 0.15) is 31.8 Å². The molecule has 158 valence electrons. The highest BCUT2D eigenvalue weighted by Gasteiger charge is 2.08. The minimum atomic E-state index is -0.367. The molecule has 0 fully saturated rings. The predicted octanol–water partition coefficient (Wildman–Crippen LogP) is 4.03. The topological polar surface area (TPSA) is 89.0 Å². The summed E-state index contributed by atoms with van der Waals surface area (Å²) in [6.45, 7) is 1.96. The second kappa shape index (κ2) is 10.1. The van der Waals surface area contributed by atoms with Gasteiger partial charge in [-0.2, -0.15) is 5.10 Å². The minimum Gasteiger partial charge on any atom is -0.493 e. The Balaban J connectivity index is 1.58. The number of hydrogen-bond acceptors (Lipinski definition) is 5. The van der Waals surface area contributed by atoms with Crippen molar-refractivity contribution in [2.75, 3.05) is 19.5 Å². The maximum absolute atomic E-state index is 12.3. The second-order valence-corrected chi connectivity index (χ2v) is 6.71. The highest BCUT2D eigenvalue weighted by Crippen LogP contribution is 2.26. The lowest BCUT2D eigenvalue weighted by molar-refractivity contribution is 0.0954. The Morgan fingerprint density at radius 1 is 0.806 bits per heavy atom. The summed E-state index contributed by atoms with van der Waals surface area (Å²) in [4.78, 5) is 24.6. The number of rotatable bonds is 7. The molecule has 0 spiro atoms. The summed E-state index contributed by atoms with van der Waals surface area (Å²) in [6.07, 6.45) is 1.51. The molecule has 0 unspecified atom stereocenters. The number of anilines is 1. The molecule has 0 aromatic heterocycles. The zero-order valence-electron chi connectivity index (χ0n) is 17.5. The number of carbonyl (C=O) groups is 2. The van der Waals surface area contributed by atoms with Crippen LogP contribution in [0.2, 0.25) is 0 Å². The molecule has 7 nitrogen and oxygen atoms in total. The summed E-state index contributed by atoms with van der Waals surface area (Å²) in [5.41, 5.74) is 5.88. The van der Waals surface area contributed by atoms with Crippen molar-refractivity contribution in [3.8, 4) is 11.5 Å². The van der Waals surface area contributed by atoms with E-state index in [2.05, 4.69) is 15.8 Å². The minimum absolute atomic E-state index is 0.211. The summed E-state index contributed by atoms with van der Waals surface area (Å²) in [5, 5.41) is 6.78. The predicted molar refractivity (Wildman–Crippen MR) is 120 cm³/mol. The molecular formula is C24H23N3O4. The largest absolute Gasteiger partial charge is 0.493 e. The van der Waals surface area contributed by atoms with E-state index in [0.29, 0.717) is 28.3 Å². The maximum atomic E-state index is 12.3. The van der Waals surface area contributed by atoms with E-state index in [9.17, 15) is 9.59 Å². The fourth-order valence-electron chi connectivity index (χ4n) is 2.78. The van der Waals surface area contributed by atoms with Crippen LogP contribution in [-0.2, 0) is 0 Å². The normalized spacial score (nSPS) is 10.5. The van der Waals surface area contributed by atoms with Crippen LogP contribution in [0.4, 0.5) is 5.69 Å². The molecule has 31 heavy (non-hydrogen) atoms. The van der Waals surface area contributed by atoms with Gasteiger partial charge in [0.1, 0.15) is 0 Å². The molecular weight excluding hydrogens is 394 g/mol. The standard InChI is InChI=1S/C24H23N3O4/c1-16-4-7-18(8-5-16)23(28)26-20-11-9-19(10-12-20)24(29)27-25-15-17-6-13-21(30-2)22(14-17)31-3/h4-15H,1-3H3,(H,26,28)(H,27,29)/b25-15+. The maximum Gasteiger partial charge on any atom is 0.271 e. The molecule has 3 aromatic carbocycles. The van der Waals surface area contributed by atoms with E-state index in [1.807, 2.05) is 19.1 Å². The molecule has 3 aromatic rings. The van der Waals surface area contributed by atoms with Gasteiger partial charge >= 0.3 is 0 Å². The Morgan fingerprint density at radius 3 is 2.06 bits per heavy atom. The van der Waals surface area contributed by atoms with Crippen molar-refractivity contribution in [2.45, 2.75) is 6.92 Å². The lowest BCUT2D eigenvalue weighted by Gasteiger charge is -2.07. The Bertz CT molecular complexity index is 1090. The SMILES string of the molecule is COc1ccc(/C=N/NC(=O)c2ccc(NC(=O)c3ccc(C)cc3)cc2)cc1OC. The van der Waals surface area contributed by atoms with Crippen molar-refractivity contribution in [1.29, 1.82) is 0 Å². The lowest BCUT2D eigenvalue weighted by Crippen LogP contribution is -2.18. The molecule has 0 aliphatic heterocycles. The number of aryl methyl sites for hydroxylation is 1. The smallest absolute Gasteiger partial charge is 0.271 e. The molecule has 2 N–H and O–H groups in total. The molecule has 7 heteroatoms. The second-order valence-electron chi connectivity index (χ2n) is 6.71. The molecule has 0 atom stereocenters. The summed E-state index contributed by atoms with van der Waals surface area (Å²) in [6, 6.07) is 19.2. The van der Waals surface area contributed by atoms with Gasteiger partial charge in [-0.15, -0.1) is 0 Å². The first-order valence-corrected chi connectivity index (χ1v) is 9.53. The fraction of sp³-hybridized carbons (Fsp3) is 0.125. The van der Waals surface area contributed by atoms with Crippen LogP contribution in [-0.4, -0.2) is 32.2 Å². The average Bonchev–Trinajstić information content (AvgIpc) is 2.79. The lowest BCUT2D eigenvalue weighted by atomic mass is 10.1. The van der Waals surface area contributed by atoms with Gasteiger partial charge in [0.05, 0.1) is 20.4 Å². The highest BCUT2D eigenvalue weighted by molar-refractivity contribution is 6.04. The Hall–Kier alpha value is -4.13. The van der Waals surface area contributed by atoms with E-state index in [0.717, 1.165) is 11.1 Å². The molecule has 0 radical (unpaired) electrons. The van der Waals surface area contributed by atoms with Crippen molar-refractivity contribution in [1.82, 2.24) is 5.43 Å². The highest BCUT2D eigenvalue weighted by atomic mass is 16.5. The van der Waals surface area contributed by atoms with Crippen LogP contribution < -0.4 is 20.2 Å². The van der Waals surface area contributed by atoms with Gasteiger partial charge < -0.3 is 14.8 Å². The van der Waals surface area contributed by atoms with Crippen LogP contribution in [0.3, 0.4) is 0 Å². The van der Waals surface area contributed by atoms with Gasteiger partial charge in [-0.05, 0) is 67.1 Å². The number of nitrogens with zero attached hydrogens (tertiary/aromatic N) is 1. The van der Waals surface area contributed by atoms with E-state index in [1.165, 1.54) is 6.21 Å². The first-order valence-electron chi connectivity index (χ1n) is 9.53. The van der Waals surface area contributed by atoms with Gasteiger partial charge in [0.2, 0.25) is 0 Å². The first kappa shape index (κ1) is 21.6. The third-order valence-electron chi connectivity index (χ3n) is 4.51. The number of amides is 2. The van der Waals surface area contributed by atoms with Gasteiger partial charge in [0.15, 0.2) is 11.5 Å². The third kappa shape index (κ3) is 5.70. The quantitative estimate of drug-likeness (QED) is 0.449. The van der Waals surface area contributed by atoms with Crippen molar-refractivity contribution in [3.05, 3.63) is 89.0 Å². The first-order chi connectivity index (χ1) is 15.0. The number of hydrazone groups is 1. The average molecular weight is 417 g/mol. The van der Waals surface area contributed by atoms with Crippen molar-refractivity contribution >= 4 is 23.7 Å². The molecule has 0 heterocycles. The van der Waals surface area contributed by atoms with E-state index < -0.39 is 0 Å². The number of hydrogen-bond donors (Lipinski definition) is 2. The molecule has 0 bridgehead atoms. The number of methoxy groups -OCH3 is 2. The van der Waals surface area contributed by atoms with Gasteiger partial charge in [-0.1, -0.05) is 17.7 Å². The summed E-state index contributed by atoms with van der Waals surface area (Å²) < 4.78 is 10.4. The monoisotopic (exact) mass is 417 g/mol. The van der Waals surface area contributed by atoms with E-state index in [1.54, 1.807) is 68.8 Å². The molecule has 0 aliphatic rings. The van der Waals surface area contributed by atoms with Gasteiger partial charge in [0, 0.05) is 16.8 Å². The molecule has 0 saturated carbocycles. The van der Waals surface area contributed by atoms with Crippen LogP contribution in [0.5, 0.6) is 11.5 Å². The molecule has 0 aliphatic carbocycles. The number of ether oxygens (including phenoxy) is 2. The van der Waals surface area contributed by atoms with Crippen molar-refractivity contribution in [3.63, 3.8) is 0 Å². The van der Waals surface area contributed by atoms with Crippen LogP contribution in [0.25, 0.3) is 0 Å². The van der Waals surface area contributed by atoms with Gasteiger partial charge in [-0.25, -0.2) is 5.43 Å². The summed E-state index contributed by atoms with van der Waals surface area (Å²) in [5.74, 6) is 0.601. The third-order valence-corrected chi connectivity index (χ3v) is 4.51. The van der Waals surface area contributed by atoms with Crippen molar-refractivity contribution in [2.24, 2.45) is 5.10 Å². The number of benzene rings is 3. The molecule has 2 amide bonds. The van der Waals surface area contributed by atoms with E-state index in [4.69, 9.17) is 9.47 Å². The van der Waals surface area contributed by atoms with Crippen LogP contribution in [0.15, 0.2) is 71.8 Å². The summed E-state index contributed by atoms with van der Waals surface area (Å²) >= 11 is 0. The van der Waals surface area contributed by atoms with Gasteiger partial charge in [-0.3, -0.25) is 9.59 Å². The Morgan fingerprint density at radius 2 is 1.42 bits per heavy atom. The van der Waals surface area contributed by atoms with Crippen LogP contribution in [0, 0.1) is 6.92 Å². The van der Waals surface area contributed by atoms with E-state index in [-0.39, 0.29) is 11.8 Å². The Labute approximate surface area is 180 Å². The zero-order valence-corrected chi connectivity index (χ0v) is 17.5. The number of carbonyl (C=O) groups excluding carboxylic acids is 2. The zero-order chi connectivity index (χ0) is 22.2. The van der Waals surface area contributed by atoms with Crippen LogP contribution >= 0.6 is 0 Å². The molecule has 0 saturated heterocycles. The fourth-order valence-corrected chi connectivity index (χ4v) is 2.78. The molecule has 3 rings (SSSR count).